The second-order valence-corrected chi connectivity index (χ2v) is 13.1. The topological polar surface area (TPSA) is 153 Å². The van der Waals surface area contributed by atoms with Gasteiger partial charge in [0.15, 0.2) is 0 Å². The van der Waals surface area contributed by atoms with Gasteiger partial charge in [-0.2, -0.15) is 17.6 Å². The van der Waals surface area contributed by atoms with Gasteiger partial charge in [-0.3, -0.25) is 0 Å². The molecule has 12 nitrogen and oxygen atoms in total. The van der Waals surface area contributed by atoms with Crippen molar-refractivity contribution in [2.45, 2.75) is 57.0 Å². The summed E-state index contributed by atoms with van der Waals surface area (Å²) in [6.45, 7) is 0. The fourth-order valence-corrected chi connectivity index (χ4v) is 6.42. The van der Waals surface area contributed by atoms with Crippen LogP contribution in [-0.4, -0.2) is 40.3 Å². The van der Waals surface area contributed by atoms with Crippen molar-refractivity contribution in [2.75, 3.05) is 10.6 Å². The van der Waals surface area contributed by atoms with Crippen LogP contribution in [0.25, 0.3) is 22.9 Å². The maximum atomic E-state index is 13.3. The first-order valence-corrected chi connectivity index (χ1v) is 18.0. The summed E-state index contributed by atoms with van der Waals surface area (Å²) in [6, 6.07) is 26.5. The van der Waals surface area contributed by atoms with Gasteiger partial charge in [0, 0.05) is 24.8 Å². The minimum atomic E-state index is -2.83. The molecule has 7 aromatic rings. The average Bonchev–Trinajstić information content (AvgIpc) is 4.06. The summed E-state index contributed by atoms with van der Waals surface area (Å²) in [5.74, 6) is -0.659. The van der Waals surface area contributed by atoms with Crippen LogP contribution < -0.4 is 10.6 Å². The lowest BCUT2D eigenvalue weighted by Gasteiger charge is -2.25. The van der Waals surface area contributed by atoms with Crippen molar-refractivity contribution < 1.29 is 30.8 Å². The Balaban J connectivity index is 0.000000174. The highest BCUT2D eigenvalue weighted by molar-refractivity contribution is 5.51. The van der Waals surface area contributed by atoms with Crippen molar-refractivity contribution in [3.63, 3.8) is 0 Å². The van der Waals surface area contributed by atoms with Gasteiger partial charge >= 0.3 is 12.9 Å². The summed E-state index contributed by atoms with van der Waals surface area (Å²) >= 11 is 0. The number of hydrogen-bond donors (Lipinski definition) is 2. The third kappa shape index (κ3) is 10.2. The van der Waals surface area contributed by atoms with E-state index in [4.69, 9.17) is 8.83 Å². The van der Waals surface area contributed by atoms with Gasteiger partial charge in [-0.15, -0.1) is 20.4 Å². The molecule has 292 valence electrons. The largest absolute Gasteiger partial charge is 0.415 e. The monoisotopic (exact) mass is 782 g/mol. The summed E-state index contributed by atoms with van der Waals surface area (Å²) in [7, 11) is 0. The number of alkyl halides is 4. The minimum absolute atomic E-state index is 0.0391. The van der Waals surface area contributed by atoms with Gasteiger partial charge in [0.2, 0.25) is 11.9 Å². The van der Waals surface area contributed by atoms with Crippen molar-refractivity contribution in [3.8, 4) is 22.9 Å². The van der Waals surface area contributed by atoms with E-state index in [1.165, 1.54) is 42.5 Å². The number of rotatable bonds is 13. The number of nitrogens with zero attached hydrogens (tertiary/aromatic N) is 8. The molecule has 2 N–H and O–H groups in total. The SMILES string of the molecule is FC(F)c1nnc(-c2cnc(NC(Cc3ccccc3)c3ccccc3)nc2)o1.Fc1ccc([C@H](Nc2ncc(-c3nnc(C(F)F)o3)cn2)C2CCCC2)cc1. The van der Waals surface area contributed by atoms with Crippen molar-refractivity contribution >= 4 is 11.9 Å². The Morgan fingerprint density at radius 1 is 0.579 bits per heavy atom. The number of halogens is 5. The molecule has 0 radical (unpaired) electrons. The molecule has 57 heavy (non-hydrogen) atoms. The summed E-state index contributed by atoms with van der Waals surface area (Å²) in [4.78, 5) is 17.1. The van der Waals surface area contributed by atoms with Crippen LogP contribution in [0, 0.1) is 11.7 Å². The number of aromatic nitrogens is 8. The van der Waals surface area contributed by atoms with E-state index >= 15 is 0 Å². The molecule has 1 aliphatic rings. The van der Waals surface area contributed by atoms with Gasteiger partial charge in [-0.25, -0.2) is 24.3 Å². The highest BCUT2D eigenvalue weighted by Gasteiger charge is 2.27. The van der Waals surface area contributed by atoms with Crippen LogP contribution >= 0.6 is 0 Å². The maximum Gasteiger partial charge on any atom is 0.314 e. The molecule has 0 amide bonds. The zero-order valence-corrected chi connectivity index (χ0v) is 30.1. The standard InChI is InChI=1S/C21H17F2N5O.C19H18F3N5O/c22-18(23)20-28-27-19(29-20)16-12-24-21(25-13-16)26-17(15-9-5-2-6-10-15)11-14-7-3-1-4-8-14;20-14-7-5-12(6-8-14)15(11-3-1-2-4-11)25-19-23-9-13(10-24-19)17-26-27-18(28-17)16(21)22/h1-10,12-13,17-18H,11H2,(H,24,25,26);5-11,15-16H,1-4H2,(H,23,24,25)/t;15-/m.1/s1. The smallest absolute Gasteiger partial charge is 0.314 e. The predicted octanol–water partition coefficient (Wildman–Crippen LogP) is 9.81. The van der Waals surface area contributed by atoms with Crippen LogP contribution in [-0.2, 0) is 6.42 Å². The summed E-state index contributed by atoms with van der Waals surface area (Å²) in [5, 5.41) is 20.5. The first-order chi connectivity index (χ1) is 27.8. The Morgan fingerprint density at radius 2 is 1.07 bits per heavy atom. The summed E-state index contributed by atoms with van der Waals surface area (Å²) in [5.41, 5.74) is 3.97. The van der Waals surface area contributed by atoms with Gasteiger partial charge in [0.1, 0.15) is 5.82 Å². The van der Waals surface area contributed by atoms with Crippen molar-refractivity contribution in [2.24, 2.45) is 5.92 Å². The molecule has 0 saturated heterocycles. The average molecular weight is 783 g/mol. The predicted molar refractivity (Wildman–Crippen MR) is 198 cm³/mol. The lowest BCUT2D eigenvalue weighted by Crippen LogP contribution is -2.20. The van der Waals surface area contributed by atoms with Crippen molar-refractivity contribution in [1.29, 1.82) is 0 Å². The van der Waals surface area contributed by atoms with Crippen LogP contribution in [0.15, 0.2) is 119 Å². The van der Waals surface area contributed by atoms with Crippen LogP contribution in [0.3, 0.4) is 0 Å². The molecular formula is C40H35F5N10O2. The van der Waals surface area contributed by atoms with E-state index < -0.39 is 24.6 Å². The van der Waals surface area contributed by atoms with E-state index in [0.717, 1.165) is 43.2 Å². The molecule has 1 aliphatic carbocycles. The van der Waals surface area contributed by atoms with Gasteiger partial charge in [-0.05, 0) is 54.0 Å². The molecule has 1 unspecified atom stereocenters. The zero-order chi connectivity index (χ0) is 39.6. The van der Waals surface area contributed by atoms with Crippen LogP contribution in [0.1, 0.15) is 79.1 Å². The fraction of sp³-hybridized carbons (Fsp3) is 0.250. The first kappa shape index (κ1) is 38.6. The van der Waals surface area contributed by atoms with Crippen molar-refractivity contribution in [3.05, 3.63) is 144 Å². The molecule has 1 fully saturated rings. The summed E-state index contributed by atoms with van der Waals surface area (Å²) in [6.07, 6.45) is 5.37. The molecule has 8 rings (SSSR count). The van der Waals surface area contributed by atoms with E-state index in [1.54, 1.807) is 12.1 Å². The Hall–Kier alpha value is -6.65. The highest BCUT2D eigenvalue weighted by atomic mass is 19.3. The van der Waals surface area contributed by atoms with Crippen LogP contribution in [0.2, 0.25) is 0 Å². The van der Waals surface area contributed by atoms with E-state index in [1.807, 2.05) is 48.5 Å². The first-order valence-electron chi connectivity index (χ1n) is 18.0. The van der Waals surface area contributed by atoms with Crippen LogP contribution in [0.4, 0.5) is 33.8 Å². The van der Waals surface area contributed by atoms with E-state index in [9.17, 15) is 22.0 Å². The van der Waals surface area contributed by atoms with Gasteiger partial charge in [0.05, 0.1) is 23.2 Å². The number of benzene rings is 3. The lowest BCUT2D eigenvalue weighted by molar-refractivity contribution is 0.115. The number of anilines is 2. The third-order valence-electron chi connectivity index (χ3n) is 9.23. The minimum Gasteiger partial charge on any atom is -0.415 e. The zero-order valence-electron chi connectivity index (χ0n) is 30.1. The molecule has 0 bridgehead atoms. The lowest BCUT2D eigenvalue weighted by atomic mass is 9.91. The molecule has 0 aliphatic heterocycles. The molecule has 1 saturated carbocycles. The molecule has 4 aromatic heterocycles. The second kappa shape index (κ2) is 18.3. The Morgan fingerprint density at radius 3 is 1.56 bits per heavy atom. The summed E-state index contributed by atoms with van der Waals surface area (Å²) < 4.78 is 73.5. The number of nitrogens with one attached hydrogen (secondary N) is 2. The van der Waals surface area contributed by atoms with Gasteiger partial charge in [0.25, 0.3) is 23.6 Å². The van der Waals surface area contributed by atoms with Crippen LogP contribution in [0.5, 0.6) is 0 Å². The second-order valence-electron chi connectivity index (χ2n) is 13.1. The molecule has 4 heterocycles. The molecule has 2 atom stereocenters. The van der Waals surface area contributed by atoms with E-state index in [-0.39, 0.29) is 29.7 Å². The van der Waals surface area contributed by atoms with E-state index in [0.29, 0.717) is 28.9 Å². The van der Waals surface area contributed by atoms with Gasteiger partial charge in [-0.1, -0.05) is 85.6 Å². The third-order valence-corrected chi connectivity index (χ3v) is 9.23. The normalized spacial score (nSPS) is 13.9. The van der Waals surface area contributed by atoms with Gasteiger partial charge < -0.3 is 19.5 Å². The maximum absolute atomic E-state index is 13.3. The quantitative estimate of drug-likeness (QED) is 0.107. The molecule has 17 heteroatoms. The van der Waals surface area contributed by atoms with E-state index in [2.05, 4.69) is 63.1 Å². The number of hydrogen-bond acceptors (Lipinski definition) is 12. The molecular weight excluding hydrogens is 747 g/mol. The highest BCUT2D eigenvalue weighted by Crippen LogP contribution is 2.37. The Bertz CT molecular complexity index is 2270. The Kier molecular flexibility index (Phi) is 12.4. The molecule has 3 aromatic carbocycles. The molecule has 0 spiro atoms. The fourth-order valence-electron chi connectivity index (χ4n) is 6.42. The van der Waals surface area contributed by atoms with Crippen molar-refractivity contribution in [1.82, 2.24) is 40.3 Å². The Labute approximate surface area is 323 Å².